The van der Waals surface area contributed by atoms with Crippen LogP contribution in [0.3, 0.4) is 0 Å². The lowest BCUT2D eigenvalue weighted by molar-refractivity contribution is -0.115. The molecule has 2 rings (SSSR count). The Morgan fingerprint density at radius 1 is 1.14 bits per heavy atom. The van der Waals surface area contributed by atoms with E-state index in [0.717, 1.165) is 11.1 Å². The highest BCUT2D eigenvalue weighted by Crippen LogP contribution is 2.13. The summed E-state index contributed by atoms with van der Waals surface area (Å²) in [6.45, 7) is 1.97. The first-order valence-electron chi connectivity index (χ1n) is 6.33. The SMILES string of the molecule is Cc1cccc(CC(=O)Nc2ccc(S(N)(=O)=O)cc2)c1. The molecule has 0 saturated carbocycles. The van der Waals surface area contributed by atoms with Gasteiger partial charge in [-0.2, -0.15) is 0 Å². The number of hydrogen-bond donors (Lipinski definition) is 2. The zero-order valence-electron chi connectivity index (χ0n) is 11.5. The first kappa shape index (κ1) is 15.2. The van der Waals surface area contributed by atoms with Crippen LogP contribution in [0, 0.1) is 6.92 Å². The fourth-order valence-corrected chi connectivity index (χ4v) is 2.46. The van der Waals surface area contributed by atoms with Crippen molar-refractivity contribution in [2.45, 2.75) is 18.2 Å². The topological polar surface area (TPSA) is 89.3 Å². The number of carbonyl (C=O) groups is 1. The monoisotopic (exact) mass is 304 g/mol. The van der Waals surface area contributed by atoms with E-state index in [4.69, 9.17) is 5.14 Å². The molecule has 21 heavy (non-hydrogen) atoms. The smallest absolute Gasteiger partial charge is 0.238 e. The largest absolute Gasteiger partial charge is 0.326 e. The maximum atomic E-state index is 11.9. The first-order valence-corrected chi connectivity index (χ1v) is 7.87. The van der Waals surface area contributed by atoms with Crippen LogP contribution in [-0.4, -0.2) is 14.3 Å². The predicted molar refractivity (Wildman–Crippen MR) is 81.3 cm³/mol. The molecule has 3 N–H and O–H groups in total. The molecule has 0 bridgehead atoms. The van der Waals surface area contributed by atoms with Crippen LogP contribution in [0.1, 0.15) is 11.1 Å². The van der Waals surface area contributed by atoms with E-state index in [0.29, 0.717) is 5.69 Å². The Bertz CT molecular complexity index is 753. The van der Waals surface area contributed by atoms with Crippen molar-refractivity contribution in [2.75, 3.05) is 5.32 Å². The average molecular weight is 304 g/mol. The van der Waals surface area contributed by atoms with Gasteiger partial charge in [-0.05, 0) is 36.8 Å². The lowest BCUT2D eigenvalue weighted by Crippen LogP contribution is -2.15. The van der Waals surface area contributed by atoms with E-state index in [1.54, 1.807) is 0 Å². The van der Waals surface area contributed by atoms with Crippen molar-refractivity contribution < 1.29 is 13.2 Å². The molecule has 0 saturated heterocycles. The number of sulfonamides is 1. The van der Waals surface area contributed by atoms with Gasteiger partial charge >= 0.3 is 0 Å². The second-order valence-electron chi connectivity index (χ2n) is 4.78. The highest BCUT2D eigenvalue weighted by Gasteiger charge is 2.08. The molecule has 0 aromatic heterocycles. The van der Waals surface area contributed by atoms with E-state index in [9.17, 15) is 13.2 Å². The van der Waals surface area contributed by atoms with Gasteiger partial charge in [-0.1, -0.05) is 29.8 Å². The van der Waals surface area contributed by atoms with Crippen molar-refractivity contribution in [1.29, 1.82) is 0 Å². The number of primary sulfonamides is 1. The maximum absolute atomic E-state index is 11.9. The van der Waals surface area contributed by atoms with Gasteiger partial charge in [0.1, 0.15) is 0 Å². The Labute approximate surface area is 123 Å². The number of nitrogens with two attached hydrogens (primary N) is 1. The Hall–Kier alpha value is -2.18. The summed E-state index contributed by atoms with van der Waals surface area (Å²) in [5, 5.41) is 7.72. The Balaban J connectivity index is 2.03. The summed E-state index contributed by atoms with van der Waals surface area (Å²) in [6.07, 6.45) is 0.263. The van der Waals surface area contributed by atoms with E-state index in [2.05, 4.69) is 5.32 Å². The number of carbonyl (C=O) groups excluding carboxylic acids is 1. The molecule has 0 aliphatic carbocycles. The predicted octanol–water partition coefficient (Wildman–Crippen LogP) is 1.82. The molecule has 2 aromatic rings. The Morgan fingerprint density at radius 2 is 1.81 bits per heavy atom. The average Bonchev–Trinajstić information content (AvgIpc) is 2.38. The summed E-state index contributed by atoms with van der Waals surface area (Å²) in [6, 6.07) is 13.4. The van der Waals surface area contributed by atoms with Crippen LogP contribution in [-0.2, 0) is 21.2 Å². The third kappa shape index (κ3) is 4.40. The highest BCUT2D eigenvalue weighted by molar-refractivity contribution is 7.89. The first-order chi connectivity index (χ1) is 9.84. The summed E-state index contributed by atoms with van der Waals surface area (Å²) in [7, 11) is -3.71. The minimum absolute atomic E-state index is 0.0131. The summed E-state index contributed by atoms with van der Waals surface area (Å²) in [5.74, 6) is -0.163. The summed E-state index contributed by atoms with van der Waals surface area (Å²) >= 11 is 0. The molecule has 110 valence electrons. The van der Waals surface area contributed by atoms with Gasteiger partial charge in [0, 0.05) is 5.69 Å². The molecule has 0 radical (unpaired) electrons. The van der Waals surface area contributed by atoms with Crippen molar-refractivity contribution in [3.63, 3.8) is 0 Å². The highest BCUT2D eigenvalue weighted by atomic mass is 32.2. The minimum Gasteiger partial charge on any atom is -0.326 e. The van der Waals surface area contributed by atoms with Crippen molar-refractivity contribution in [3.05, 3.63) is 59.7 Å². The van der Waals surface area contributed by atoms with Gasteiger partial charge in [0.05, 0.1) is 11.3 Å². The van der Waals surface area contributed by atoms with E-state index in [1.807, 2.05) is 31.2 Å². The van der Waals surface area contributed by atoms with Crippen LogP contribution in [0.2, 0.25) is 0 Å². The van der Waals surface area contributed by atoms with Crippen LogP contribution in [0.5, 0.6) is 0 Å². The molecular formula is C15H16N2O3S. The van der Waals surface area contributed by atoms with Gasteiger partial charge < -0.3 is 5.32 Å². The third-order valence-corrected chi connectivity index (χ3v) is 3.84. The molecule has 0 aliphatic heterocycles. The fraction of sp³-hybridized carbons (Fsp3) is 0.133. The molecule has 0 unspecified atom stereocenters. The minimum atomic E-state index is -3.71. The number of amides is 1. The zero-order valence-corrected chi connectivity index (χ0v) is 12.4. The van der Waals surface area contributed by atoms with Crippen molar-refractivity contribution in [1.82, 2.24) is 0 Å². The molecular weight excluding hydrogens is 288 g/mol. The third-order valence-electron chi connectivity index (χ3n) is 2.91. The molecule has 5 nitrogen and oxygen atoms in total. The molecule has 6 heteroatoms. The van der Waals surface area contributed by atoms with Gasteiger partial charge in [-0.25, -0.2) is 13.6 Å². The molecule has 0 atom stereocenters. The van der Waals surface area contributed by atoms with Gasteiger partial charge in [0.25, 0.3) is 0 Å². The van der Waals surface area contributed by atoms with Gasteiger partial charge in [-0.15, -0.1) is 0 Å². The van der Waals surface area contributed by atoms with E-state index in [-0.39, 0.29) is 17.2 Å². The van der Waals surface area contributed by atoms with Gasteiger partial charge in [0.2, 0.25) is 15.9 Å². The van der Waals surface area contributed by atoms with Crippen molar-refractivity contribution >= 4 is 21.6 Å². The Kier molecular flexibility index (Phi) is 4.40. The lowest BCUT2D eigenvalue weighted by atomic mass is 10.1. The molecule has 0 aliphatic rings. The Morgan fingerprint density at radius 3 is 2.38 bits per heavy atom. The van der Waals surface area contributed by atoms with Crippen LogP contribution in [0.25, 0.3) is 0 Å². The van der Waals surface area contributed by atoms with E-state index < -0.39 is 10.0 Å². The summed E-state index contributed by atoms with van der Waals surface area (Å²) in [5.41, 5.74) is 2.55. The second-order valence-corrected chi connectivity index (χ2v) is 6.34. The molecule has 0 heterocycles. The van der Waals surface area contributed by atoms with E-state index in [1.165, 1.54) is 24.3 Å². The van der Waals surface area contributed by atoms with Crippen LogP contribution < -0.4 is 10.5 Å². The van der Waals surface area contributed by atoms with Gasteiger partial charge in [-0.3, -0.25) is 4.79 Å². The number of nitrogens with one attached hydrogen (secondary N) is 1. The summed E-state index contributed by atoms with van der Waals surface area (Å²) < 4.78 is 22.3. The standard InChI is InChI=1S/C15H16N2O3S/c1-11-3-2-4-12(9-11)10-15(18)17-13-5-7-14(8-6-13)21(16,19)20/h2-9H,10H2,1H3,(H,17,18)(H2,16,19,20). The maximum Gasteiger partial charge on any atom is 0.238 e. The second kappa shape index (κ2) is 6.07. The molecule has 0 fully saturated rings. The van der Waals surface area contributed by atoms with Crippen molar-refractivity contribution in [3.8, 4) is 0 Å². The molecule has 0 spiro atoms. The quantitative estimate of drug-likeness (QED) is 0.903. The van der Waals surface area contributed by atoms with Crippen molar-refractivity contribution in [2.24, 2.45) is 5.14 Å². The van der Waals surface area contributed by atoms with Crippen LogP contribution >= 0.6 is 0 Å². The summed E-state index contributed by atoms with van der Waals surface area (Å²) in [4.78, 5) is 11.9. The van der Waals surface area contributed by atoms with Crippen LogP contribution in [0.4, 0.5) is 5.69 Å². The lowest BCUT2D eigenvalue weighted by Gasteiger charge is -2.06. The molecule has 2 aromatic carbocycles. The zero-order chi connectivity index (χ0) is 15.5. The van der Waals surface area contributed by atoms with Gasteiger partial charge in [0.15, 0.2) is 0 Å². The normalized spacial score (nSPS) is 11.1. The number of rotatable bonds is 4. The number of anilines is 1. The van der Waals surface area contributed by atoms with Crippen LogP contribution in [0.15, 0.2) is 53.4 Å². The number of hydrogen-bond acceptors (Lipinski definition) is 3. The number of aryl methyl sites for hydroxylation is 1. The molecule has 1 amide bonds. The number of benzene rings is 2. The fourth-order valence-electron chi connectivity index (χ4n) is 1.94. The van der Waals surface area contributed by atoms with E-state index >= 15 is 0 Å².